The van der Waals surface area contributed by atoms with E-state index in [0.29, 0.717) is 31.5 Å². The maximum Gasteiger partial charge on any atom is 0.256 e. The van der Waals surface area contributed by atoms with Gasteiger partial charge in [0.2, 0.25) is 5.91 Å². The Bertz CT molecular complexity index is 977. The number of fused-ring (bicyclic) bond motifs is 1. The van der Waals surface area contributed by atoms with Crippen molar-refractivity contribution in [3.8, 4) is 0 Å². The summed E-state index contributed by atoms with van der Waals surface area (Å²) in [5, 5.41) is 21.0. The molecule has 7 heteroatoms. The molecule has 1 aliphatic rings. The fraction of sp³-hybridized carbons (Fsp3) is 0.286. The maximum atomic E-state index is 12.6. The van der Waals surface area contributed by atoms with Gasteiger partial charge in [0.1, 0.15) is 0 Å². The highest BCUT2D eigenvalue weighted by atomic mass is 16.3. The van der Waals surface area contributed by atoms with E-state index in [4.69, 9.17) is 0 Å². The van der Waals surface area contributed by atoms with E-state index in [1.807, 2.05) is 24.3 Å². The molecule has 2 amide bonds. The number of carbonyl (C=O) groups excluding carboxylic acids is 2. The Labute approximate surface area is 162 Å². The molecule has 2 aromatic carbocycles. The zero-order valence-electron chi connectivity index (χ0n) is 15.3. The number of hydrogen-bond acceptors (Lipinski definition) is 4. The molecule has 0 radical (unpaired) electrons. The van der Waals surface area contributed by atoms with Crippen molar-refractivity contribution in [2.24, 2.45) is 5.92 Å². The summed E-state index contributed by atoms with van der Waals surface area (Å²) in [5.41, 5.74) is 2.24. The average molecular weight is 378 g/mol. The van der Waals surface area contributed by atoms with Gasteiger partial charge < -0.3 is 15.3 Å². The van der Waals surface area contributed by atoms with E-state index in [1.165, 1.54) is 0 Å². The minimum Gasteiger partial charge on any atom is -0.378 e. The van der Waals surface area contributed by atoms with Crippen LogP contribution in [0.4, 0.5) is 5.69 Å². The molecule has 1 aliphatic heterocycles. The number of nitrogens with zero attached hydrogens (tertiary/aromatic N) is 2. The van der Waals surface area contributed by atoms with Gasteiger partial charge in [0.25, 0.3) is 5.91 Å². The molecule has 1 atom stereocenters. The topological polar surface area (TPSA) is 98.3 Å². The molecule has 0 saturated carbocycles. The first-order valence-corrected chi connectivity index (χ1v) is 9.37. The first-order valence-electron chi connectivity index (χ1n) is 9.37. The molecule has 0 aliphatic carbocycles. The van der Waals surface area contributed by atoms with E-state index in [1.54, 1.807) is 35.4 Å². The number of H-pyrrole nitrogens is 1. The van der Waals surface area contributed by atoms with Crippen molar-refractivity contribution >= 4 is 28.4 Å². The molecule has 144 valence electrons. The van der Waals surface area contributed by atoms with Crippen molar-refractivity contribution in [3.63, 3.8) is 0 Å². The van der Waals surface area contributed by atoms with Crippen LogP contribution in [0, 0.1) is 5.92 Å². The van der Waals surface area contributed by atoms with Gasteiger partial charge in [-0.15, -0.1) is 0 Å². The molecule has 3 N–H and O–H groups in total. The van der Waals surface area contributed by atoms with Gasteiger partial charge in [0, 0.05) is 30.1 Å². The van der Waals surface area contributed by atoms with Crippen molar-refractivity contribution in [2.45, 2.75) is 18.9 Å². The fourth-order valence-electron chi connectivity index (χ4n) is 3.58. The number of hydrogen-bond donors (Lipinski definition) is 3. The number of aliphatic hydroxyl groups excluding tert-OH is 1. The molecular weight excluding hydrogens is 356 g/mol. The van der Waals surface area contributed by atoms with Crippen LogP contribution in [-0.4, -0.2) is 45.1 Å². The predicted octanol–water partition coefficient (Wildman–Crippen LogP) is 2.47. The van der Waals surface area contributed by atoms with Crippen molar-refractivity contribution in [2.75, 3.05) is 18.4 Å². The molecule has 28 heavy (non-hydrogen) atoms. The molecule has 1 fully saturated rings. The zero-order valence-corrected chi connectivity index (χ0v) is 15.3. The van der Waals surface area contributed by atoms with E-state index >= 15 is 0 Å². The molecule has 0 spiro atoms. The van der Waals surface area contributed by atoms with E-state index in [9.17, 15) is 14.7 Å². The number of aromatic amines is 1. The number of aliphatic hydroxyl groups is 1. The first kappa shape index (κ1) is 18.2. The van der Waals surface area contributed by atoms with Crippen molar-refractivity contribution in [1.29, 1.82) is 0 Å². The van der Waals surface area contributed by atoms with Crippen LogP contribution in [0.25, 0.3) is 10.9 Å². The third-order valence-corrected chi connectivity index (χ3v) is 5.23. The van der Waals surface area contributed by atoms with Crippen LogP contribution in [0.1, 0.15) is 24.5 Å². The Morgan fingerprint density at radius 1 is 1.14 bits per heavy atom. The number of anilines is 1. The minimum absolute atomic E-state index is 0.0430. The molecule has 3 aromatic rings. The van der Waals surface area contributed by atoms with Gasteiger partial charge in [0.05, 0.1) is 11.7 Å². The number of benzene rings is 2. The second kappa shape index (κ2) is 7.82. The van der Waals surface area contributed by atoms with Gasteiger partial charge in [-0.2, -0.15) is 5.10 Å². The van der Waals surface area contributed by atoms with Crippen LogP contribution in [0.5, 0.6) is 0 Å². The summed E-state index contributed by atoms with van der Waals surface area (Å²) in [6.45, 7) is 0.920. The predicted molar refractivity (Wildman–Crippen MR) is 105 cm³/mol. The Kier molecular flexibility index (Phi) is 5.08. The number of carbonyl (C=O) groups is 2. The summed E-state index contributed by atoms with van der Waals surface area (Å²) in [4.78, 5) is 26.8. The number of piperidine rings is 1. The van der Waals surface area contributed by atoms with E-state index in [0.717, 1.165) is 16.6 Å². The van der Waals surface area contributed by atoms with Gasteiger partial charge >= 0.3 is 0 Å². The Morgan fingerprint density at radius 2 is 1.89 bits per heavy atom. The molecule has 1 saturated heterocycles. The van der Waals surface area contributed by atoms with E-state index in [2.05, 4.69) is 15.5 Å². The standard InChI is InChI=1S/C21H22N4O3/c26-19(14-4-2-1-3-5-14)21(28)25-10-8-15(9-11-25)20(27)23-17-6-7-18-16(12-17)13-22-24-18/h1-7,12-13,15,19,26H,8-11H2,(H,22,24)(H,23,27)/t19-/m1/s1. The van der Waals surface area contributed by atoms with Crippen molar-refractivity contribution < 1.29 is 14.7 Å². The first-order chi connectivity index (χ1) is 13.6. The third-order valence-electron chi connectivity index (χ3n) is 5.23. The minimum atomic E-state index is -1.16. The largest absolute Gasteiger partial charge is 0.378 e. The second-order valence-electron chi connectivity index (χ2n) is 7.07. The lowest BCUT2D eigenvalue weighted by molar-refractivity contribution is -0.143. The average Bonchev–Trinajstić information content (AvgIpc) is 3.21. The number of likely N-dealkylation sites (tertiary alicyclic amines) is 1. The Balaban J connectivity index is 1.33. The van der Waals surface area contributed by atoms with Crippen LogP contribution in [-0.2, 0) is 9.59 Å². The number of rotatable bonds is 4. The SMILES string of the molecule is O=C(Nc1ccc2[nH]ncc2c1)C1CCN(C(=O)[C@H](O)c2ccccc2)CC1. The van der Waals surface area contributed by atoms with Crippen LogP contribution in [0.3, 0.4) is 0 Å². The summed E-state index contributed by atoms with van der Waals surface area (Å²) >= 11 is 0. The summed E-state index contributed by atoms with van der Waals surface area (Å²) < 4.78 is 0. The van der Waals surface area contributed by atoms with Crippen LogP contribution < -0.4 is 5.32 Å². The molecule has 0 unspecified atom stereocenters. The van der Waals surface area contributed by atoms with Gasteiger partial charge in [-0.1, -0.05) is 30.3 Å². The summed E-state index contributed by atoms with van der Waals surface area (Å²) in [5.74, 6) is -0.507. The molecule has 4 rings (SSSR count). The monoisotopic (exact) mass is 378 g/mol. The van der Waals surface area contributed by atoms with Gasteiger partial charge in [-0.25, -0.2) is 0 Å². The molecule has 0 bridgehead atoms. The quantitative estimate of drug-likeness (QED) is 0.649. The highest BCUT2D eigenvalue weighted by Crippen LogP contribution is 2.24. The van der Waals surface area contributed by atoms with Crippen molar-refractivity contribution in [1.82, 2.24) is 15.1 Å². The van der Waals surface area contributed by atoms with Crippen LogP contribution in [0.2, 0.25) is 0 Å². The summed E-state index contributed by atoms with van der Waals surface area (Å²) in [6.07, 6.45) is 1.71. The Hall–Kier alpha value is -3.19. The van der Waals surface area contributed by atoms with Gasteiger partial charge in [-0.3, -0.25) is 14.7 Å². The number of nitrogens with one attached hydrogen (secondary N) is 2. The molecular formula is C21H22N4O3. The lowest BCUT2D eigenvalue weighted by Gasteiger charge is -2.32. The number of aromatic nitrogens is 2. The smallest absolute Gasteiger partial charge is 0.256 e. The zero-order chi connectivity index (χ0) is 19.5. The van der Waals surface area contributed by atoms with E-state index < -0.39 is 6.10 Å². The van der Waals surface area contributed by atoms with Crippen molar-refractivity contribution in [3.05, 3.63) is 60.3 Å². The van der Waals surface area contributed by atoms with Crippen LogP contribution in [0.15, 0.2) is 54.7 Å². The summed E-state index contributed by atoms with van der Waals surface area (Å²) in [6, 6.07) is 14.5. The third kappa shape index (κ3) is 3.75. The number of amides is 2. The summed E-state index contributed by atoms with van der Waals surface area (Å²) in [7, 11) is 0. The second-order valence-corrected chi connectivity index (χ2v) is 7.07. The molecule has 2 heterocycles. The van der Waals surface area contributed by atoms with E-state index in [-0.39, 0.29) is 17.7 Å². The lowest BCUT2D eigenvalue weighted by Crippen LogP contribution is -2.43. The Morgan fingerprint density at radius 3 is 2.64 bits per heavy atom. The fourth-order valence-corrected chi connectivity index (χ4v) is 3.58. The van der Waals surface area contributed by atoms with Crippen LogP contribution >= 0.6 is 0 Å². The molecule has 7 nitrogen and oxygen atoms in total. The highest BCUT2D eigenvalue weighted by Gasteiger charge is 2.30. The highest BCUT2D eigenvalue weighted by molar-refractivity contribution is 5.95. The molecule has 1 aromatic heterocycles. The van der Waals surface area contributed by atoms with Gasteiger partial charge in [-0.05, 0) is 36.6 Å². The lowest BCUT2D eigenvalue weighted by atomic mass is 9.95. The normalized spacial score (nSPS) is 16.1. The maximum absolute atomic E-state index is 12.6. The van der Waals surface area contributed by atoms with Gasteiger partial charge in [0.15, 0.2) is 6.10 Å².